The van der Waals surface area contributed by atoms with Gasteiger partial charge in [0.05, 0.1) is 6.54 Å². The van der Waals surface area contributed by atoms with Gasteiger partial charge in [-0.15, -0.1) is 0 Å². The number of nitrogens with zero attached hydrogens (tertiary/aromatic N) is 2. The highest BCUT2D eigenvalue weighted by Crippen LogP contribution is 2.14. The average molecular weight is 263 g/mol. The molecule has 1 atom stereocenters. The molecule has 1 N–H and O–H groups in total. The lowest BCUT2D eigenvalue weighted by Crippen LogP contribution is -2.33. The van der Waals surface area contributed by atoms with E-state index in [1.807, 2.05) is 16.9 Å². The molecule has 5 heteroatoms. The Kier molecular flexibility index (Phi) is 4.92. The Labute approximate surface area is 112 Å². The highest BCUT2D eigenvalue weighted by molar-refractivity contribution is 5.23. The van der Waals surface area contributed by atoms with Crippen molar-refractivity contribution in [3.63, 3.8) is 0 Å². The molecule has 0 saturated heterocycles. The van der Waals surface area contributed by atoms with E-state index in [0.717, 1.165) is 6.54 Å². The SMILES string of the molecule is C[C@@H](Cn1cccn1)NCCOc1ccccc1F. The number of nitrogens with one attached hydrogen (secondary N) is 1. The molecule has 102 valence electrons. The molecule has 1 aromatic heterocycles. The van der Waals surface area contributed by atoms with Gasteiger partial charge >= 0.3 is 0 Å². The molecule has 0 aliphatic carbocycles. The molecule has 0 spiro atoms. The van der Waals surface area contributed by atoms with Gasteiger partial charge in [0.15, 0.2) is 11.6 Å². The Morgan fingerprint density at radius 3 is 2.95 bits per heavy atom. The van der Waals surface area contributed by atoms with Crippen LogP contribution in [0.25, 0.3) is 0 Å². The third-order valence-electron chi connectivity index (χ3n) is 2.71. The van der Waals surface area contributed by atoms with E-state index >= 15 is 0 Å². The molecule has 1 aromatic carbocycles. The van der Waals surface area contributed by atoms with Crippen molar-refractivity contribution in [3.8, 4) is 5.75 Å². The van der Waals surface area contributed by atoms with Gasteiger partial charge in [0.1, 0.15) is 6.61 Å². The quantitative estimate of drug-likeness (QED) is 0.777. The molecule has 0 radical (unpaired) electrons. The van der Waals surface area contributed by atoms with Crippen molar-refractivity contribution in [1.82, 2.24) is 15.1 Å². The number of hydrogen-bond acceptors (Lipinski definition) is 3. The smallest absolute Gasteiger partial charge is 0.165 e. The maximum atomic E-state index is 13.3. The fourth-order valence-corrected chi connectivity index (χ4v) is 1.78. The zero-order valence-corrected chi connectivity index (χ0v) is 10.9. The average Bonchev–Trinajstić information content (AvgIpc) is 2.89. The first-order valence-corrected chi connectivity index (χ1v) is 6.34. The van der Waals surface area contributed by atoms with Crippen molar-refractivity contribution in [1.29, 1.82) is 0 Å². The minimum atomic E-state index is -0.327. The van der Waals surface area contributed by atoms with Crippen LogP contribution >= 0.6 is 0 Å². The van der Waals surface area contributed by atoms with Crippen LogP contribution in [0.1, 0.15) is 6.92 Å². The van der Waals surface area contributed by atoms with Gasteiger partial charge in [0.2, 0.25) is 0 Å². The molecule has 2 aromatic rings. The van der Waals surface area contributed by atoms with Crippen molar-refractivity contribution < 1.29 is 9.13 Å². The summed E-state index contributed by atoms with van der Waals surface area (Å²) in [5, 5.41) is 7.44. The summed E-state index contributed by atoms with van der Waals surface area (Å²) >= 11 is 0. The van der Waals surface area contributed by atoms with Gasteiger partial charge in [-0.3, -0.25) is 4.68 Å². The minimum Gasteiger partial charge on any atom is -0.489 e. The van der Waals surface area contributed by atoms with Crippen LogP contribution < -0.4 is 10.1 Å². The molecule has 2 rings (SSSR count). The van der Waals surface area contributed by atoms with E-state index < -0.39 is 0 Å². The number of para-hydroxylation sites is 1. The zero-order valence-electron chi connectivity index (χ0n) is 10.9. The van der Waals surface area contributed by atoms with Gasteiger partial charge in [-0.25, -0.2) is 4.39 Å². The Balaban J connectivity index is 1.65. The second-order valence-corrected chi connectivity index (χ2v) is 4.36. The molecule has 0 amide bonds. The van der Waals surface area contributed by atoms with Gasteiger partial charge in [-0.1, -0.05) is 12.1 Å². The summed E-state index contributed by atoms with van der Waals surface area (Å²) in [6.45, 7) is 3.97. The second kappa shape index (κ2) is 6.89. The normalized spacial score (nSPS) is 12.3. The predicted octanol–water partition coefficient (Wildman–Crippen LogP) is 2.08. The van der Waals surface area contributed by atoms with Gasteiger partial charge in [0.25, 0.3) is 0 Å². The fraction of sp³-hybridized carbons (Fsp3) is 0.357. The Bertz CT molecular complexity index is 487. The van der Waals surface area contributed by atoms with Crippen LogP contribution in [-0.2, 0) is 6.54 Å². The summed E-state index contributed by atoms with van der Waals surface area (Å²) in [5.41, 5.74) is 0. The third-order valence-corrected chi connectivity index (χ3v) is 2.71. The summed E-state index contributed by atoms with van der Waals surface area (Å²) in [5.74, 6) is -0.0314. The number of rotatable bonds is 7. The van der Waals surface area contributed by atoms with Crippen molar-refractivity contribution in [2.45, 2.75) is 19.5 Å². The monoisotopic (exact) mass is 263 g/mol. The van der Waals surface area contributed by atoms with E-state index in [1.54, 1.807) is 24.4 Å². The number of hydrogen-bond donors (Lipinski definition) is 1. The molecule has 0 bridgehead atoms. The lowest BCUT2D eigenvalue weighted by atomic mass is 10.3. The summed E-state index contributed by atoms with van der Waals surface area (Å²) in [7, 11) is 0. The number of ether oxygens (including phenoxy) is 1. The molecule has 0 aliphatic heterocycles. The van der Waals surface area contributed by atoms with Crippen LogP contribution in [0.4, 0.5) is 4.39 Å². The number of aromatic nitrogens is 2. The minimum absolute atomic E-state index is 0.282. The molecule has 0 aliphatic rings. The topological polar surface area (TPSA) is 39.1 Å². The van der Waals surface area contributed by atoms with Gasteiger partial charge in [-0.2, -0.15) is 5.10 Å². The lowest BCUT2D eigenvalue weighted by molar-refractivity contribution is 0.288. The summed E-state index contributed by atoms with van der Waals surface area (Å²) < 4.78 is 20.5. The fourth-order valence-electron chi connectivity index (χ4n) is 1.78. The summed E-state index contributed by atoms with van der Waals surface area (Å²) in [4.78, 5) is 0. The first kappa shape index (κ1) is 13.5. The maximum absolute atomic E-state index is 13.3. The van der Waals surface area contributed by atoms with Gasteiger partial charge in [-0.05, 0) is 25.1 Å². The van der Waals surface area contributed by atoms with Crippen LogP contribution in [0.3, 0.4) is 0 Å². The Morgan fingerprint density at radius 1 is 1.37 bits per heavy atom. The number of halogens is 1. The maximum Gasteiger partial charge on any atom is 0.165 e. The highest BCUT2D eigenvalue weighted by atomic mass is 19.1. The number of benzene rings is 1. The molecule has 0 fully saturated rings. The van der Waals surface area contributed by atoms with Crippen molar-refractivity contribution in [2.75, 3.05) is 13.2 Å². The predicted molar refractivity (Wildman–Crippen MR) is 71.6 cm³/mol. The zero-order chi connectivity index (χ0) is 13.5. The molecular weight excluding hydrogens is 245 g/mol. The van der Waals surface area contributed by atoms with Gasteiger partial charge < -0.3 is 10.1 Å². The van der Waals surface area contributed by atoms with Crippen LogP contribution in [-0.4, -0.2) is 29.0 Å². The van der Waals surface area contributed by atoms with Crippen LogP contribution in [0.15, 0.2) is 42.7 Å². The van der Waals surface area contributed by atoms with Gasteiger partial charge in [0, 0.05) is 25.0 Å². The molecule has 0 saturated carbocycles. The van der Waals surface area contributed by atoms with E-state index in [4.69, 9.17) is 4.74 Å². The van der Waals surface area contributed by atoms with Crippen molar-refractivity contribution >= 4 is 0 Å². The van der Waals surface area contributed by atoms with Crippen LogP contribution in [0.2, 0.25) is 0 Å². The molecule has 19 heavy (non-hydrogen) atoms. The summed E-state index contributed by atoms with van der Waals surface area (Å²) in [6, 6.07) is 8.60. The lowest BCUT2D eigenvalue weighted by Gasteiger charge is -2.14. The van der Waals surface area contributed by atoms with E-state index in [2.05, 4.69) is 17.3 Å². The van der Waals surface area contributed by atoms with Crippen molar-refractivity contribution in [3.05, 3.63) is 48.5 Å². The van der Waals surface area contributed by atoms with Crippen molar-refractivity contribution in [2.24, 2.45) is 0 Å². The van der Waals surface area contributed by atoms with E-state index in [-0.39, 0.29) is 11.9 Å². The largest absolute Gasteiger partial charge is 0.489 e. The second-order valence-electron chi connectivity index (χ2n) is 4.36. The Hall–Kier alpha value is -1.88. The van der Waals surface area contributed by atoms with E-state index in [1.165, 1.54) is 6.07 Å². The molecular formula is C14H18FN3O. The first-order chi connectivity index (χ1) is 9.25. The highest BCUT2D eigenvalue weighted by Gasteiger charge is 2.03. The van der Waals surface area contributed by atoms with E-state index in [9.17, 15) is 4.39 Å². The summed E-state index contributed by atoms with van der Waals surface area (Å²) in [6.07, 6.45) is 3.68. The molecule has 1 heterocycles. The standard InChI is InChI=1S/C14H18FN3O/c1-12(11-18-9-4-7-17-18)16-8-10-19-14-6-3-2-5-13(14)15/h2-7,9,12,16H,8,10-11H2,1H3/t12-/m0/s1. The third kappa shape index (κ3) is 4.37. The van der Waals surface area contributed by atoms with Crippen LogP contribution in [0.5, 0.6) is 5.75 Å². The van der Waals surface area contributed by atoms with E-state index in [0.29, 0.717) is 18.9 Å². The molecule has 4 nitrogen and oxygen atoms in total. The molecule has 0 unspecified atom stereocenters. The first-order valence-electron chi connectivity index (χ1n) is 6.34. The Morgan fingerprint density at radius 2 is 2.21 bits per heavy atom. The van der Waals surface area contributed by atoms with Crippen LogP contribution in [0, 0.1) is 5.82 Å².